The first-order valence-electron chi connectivity index (χ1n) is 6.18. The van der Waals surface area contributed by atoms with Crippen molar-refractivity contribution in [2.24, 2.45) is 0 Å². The lowest BCUT2D eigenvalue weighted by atomic mass is 9.98. The Bertz CT molecular complexity index is 572. The van der Waals surface area contributed by atoms with Crippen molar-refractivity contribution >= 4 is 33.0 Å². The van der Waals surface area contributed by atoms with Crippen molar-refractivity contribution in [3.63, 3.8) is 0 Å². The Kier molecular flexibility index (Phi) is 4.26. The summed E-state index contributed by atoms with van der Waals surface area (Å²) in [5.41, 5.74) is 2.18. The molecule has 0 aromatic carbocycles. The summed E-state index contributed by atoms with van der Waals surface area (Å²) in [7, 11) is 0. The topological polar surface area (TPSA) is 37.8 Å². The van der Waals surface area contributed by atoms with Crippen molar-refractivity contribution in [2.45, 2.75) is 39.7 Å². The number of nitrogens with zero attached hydrogens (tertiary/aromatic N) is 2. The van der Waals surface area contributed by atoms with Gasteiger partial charge >= 0.3 is 0 Å². The number of pyridine rings is 1. The highest BCUT2D eigenvalue weighted by Gasteiger charge is 2.17. The van der Waals surface area contributed by atoms with Gasteiger partial charge in [-0.3, -0.25) is 0 Å². The van der Waals surface area contributed by atoms with Crippen molar-refractivity contribution in [3.05, 3.63) is 38.5 Å². The van der Waals surface area contributed by atoms with Crippen LogP contribution in [0.15, 0.2) is 22.9 Å². The summed E-state index contributed by atoms with van der Waals surface area (Å²) in [5, 5.41) is 4.58. The third-order valence-electron chi connectivity index (χ3n) is 2.70. The minimum Gasteiger partial charge on any atom is -0.379 e. The van der Waals surface area contributed by atoms with Gasteiger partial charge in [0.25, 0.3) is 0 Å². The molecule has 0 unspecified atom stereocenters. The van der Waals surface area contributed by atoms with Crippen LogP contribution in [0.5, 0.6) is 0 Å². The molecule has 5 heteroatoms. The molecule has 0 aliphatic heterocycles. The molecule has 2 aromatic heterocycles. The summed E-state index contributed by atoms with van der Waals surface area (Å²) in [5.74, 6) is 0. The van der Waals surface area contributed by atoms with E-state index in [9.17, 15) is 0 Å². The van der Waals surface area contributed by atoms with Gasteiger partial charge in [-0.15, -0.1) is 11.3 Å². The molecule has 2 heterocycles. The molecule has 102 valence electrons. The molecule has 0 radical (unpaired) electrons. The first-order chi connectivity index (χ1) is 8.86. The van der Waals surface area contributed by atoms with E-state index < -0.39 is 0 Å². The number of nitrogens with one attached hydrogen (secondary N) is 1. The predicted octanol–water partition coefficient (Wildman–Crippen LogP) is 4.52. The molecule has 2 aromatic rings. The van der Waals surface area contributed by atoms with Gasteiger partial charge in [0, 0.05) is 16.5 Å². The summed E-state index contributed by atoms with van der Waals surface area (Å²) in [4.78, 5) is 10.1. The molecule has 0 aliphatic rings. The Morgan fingerprint density at radius 2 is 2.05 bits per heavy atom. The number of aryl methyl sites for hydroxylation is 1. The third-order valence-corrected chi connectivity index (χ3v) is 4.56. The lowest BCUT2D eigenvalue weighted by Gasteiger charge is -2.13. The van der Waals surface area contributed by atoms with Crippen LogP contribution in [0.4, 0.5) is 5.69 Å². The van der Waals surface area contributed by atoms with Gasteiger partial charge in [-0.2, -0.15) is 0 Å². The number of thiazole rings is 1. The zero-order valence-electron chi connectivity index (χ0n) is 11.6. The molecule has 1 N–H and O–H groups in total. The minimum absolute atomic E-state index is 0.123. The normalized spacial score (nSPS) is 11.6. The van der Waals surface area contributed by atoms with Crippen molar-refractivity contribution in [2.75, 3.05) is 5.32 Å². The van der Waals surface area contributed by atoms with E-state index in [-0.39, 0.29) is 5.41 Å². The van der Waals surface area contributed by atoms with E-state index in [2.05, 4.69) is 52.0 Å². The van der Waals surface area contributed by atoms with Crippen LogP contribution < -0.4 is 5.32 Å². The minimum atomic E-state index is 0.123. The van der Waals surface area contributed by atoms with E-state index in [1.165, 1.54) is 9.88 Å². The van der Waals surface area contributed by atoms with Gasteiger partial charge in [0.1, 0.15) is 4.60 Å². The first-order valence-corrected chi connectivity index (χ1v) is 7.79. The molecule has 0 saturated carbocycles. The molecular formula is C14H18BrN3S. The van der Waals surface area contributed by atoms with Crippen molar-refractivity contribution in [1.82, 2.24) is 9.97 Å². The van der Waals surface area contributed by atoms with Crippen molar-refractivity contribution in [1.29, 1.82) is 0 Å². The van der Waals surface area contributed by atoms with Crippen LogP contribution in [0.2, 0.25) is 0 Å². The third kappa shape index (κ3) is 3.76. The number of halogens is 1. The lowest BCUT2D eigenvalue weighted by molar-refractivity contribution is 0.585. The smallest absolute Gasteiger partial charge is 0.106 e. The standard InChI is InChI=1S/C14H18BrN3S/c1-9-11(5-6-12(15)18-9)16-7-10-8-17-13(19-10)14(2,3)4/h5-6,8,16H,7H2,1-4H3. The average molecular weight is 340 g/mol. The molecule has 0 atom stereocenters. The number of aromatic nitrogens is 2. The second kappa shape index (κ2) is 5.59. The Morgan fingerprint density at radius 3 is 2.63 bits per heavy atom. The Hall–Kier alpha value is -0.940. The largest absolute Gasteiger partial charge is 0.379 e. The molecule has 0 fully saturated rings. The van der Waals surface area contributed by atoms with Gasteiger partial charge in [0.2, 0.25) is 0 Å². The van der Waals surface area contributed by atoms with Crippen molar-refractivity contribution < 1.29 is 0 Å². The van der Waals surface area contributed by atoms with Crippen LogP contribution >= 0.6 is 27.3 Å². The molecule has 0 bridgehead atoms. The van der Waals surface area contributed by atoms with Crippen molar-refractivity contribution in [3.8, 4) is 0 Å². The number of hydrogen-bond acceptors (Lipinski definition) is 4. The van der Waals surface area contributed by atoms with Crippen LogP contribution in [0.3, 0.4) is 0 Å². The predicted molar refractivity (Wildman–Crippen MR) is 84.8 cm³/mol. The molecule has 3 nitrogen and oxygen atoms in total. The van der Waals surface area contributed by atoms with E-state index in [0.717, 1.165) is 22.5 Å². The van der Waals surface area contributed by atoms with Crippen LogP contribution in [0.25, 0.3) is 0 Å². The van der Waals surface area contributed by atoms with E-state index in [4.69, 9.17) is 0 Å². The fourth-order valence-electron chi connectivity index (χ4n) is 1.64. The molecular weight excluding hydrogens is 322 g/mol. The maximum absolute atomic E-state index is 4.49. The average Bonchev–Trinajstić information content (AvgIpc) is 2.76. The highest BCUT2D eigenvalue weighted by atomic mass is 79.9. The van der Waals surface area contributed by atoms with E-state index in [1.54, 1.807) is 11.3 Å². The maximum Gasteiger partial charge on any atom is 0.106 e. The van der Waals surface area contributed by atoms with Crippen LogP contribution in [-0.2, 0) is 12.0 Å². The molecule has 19 heavy (non-hydrogen) atoms. The van der Waals surface area contributed by atoms with Gasteiger partial charge in [-0.05, 0) is 35.0 Å². The van der Waals surface area contributed by atoms with E-state index in [0.29, 0.717) is 0 Å². The maximum atomic E-state index is 4.49. The first kappa shape index (κ1) is 14.5. The Balaban J connectivity index is 2.04. The molecule has 2 rings (SSSR count). The summed E-state index contributed by atoms with van der Waals surface area (Å²) in [6.07, 6.45) is 1.96. The van der Waals surface area contributed by atoms with Gasteiger partial charge in [-0.1, -0.05) is 20.8 Å². The molecule has 0 spiro atoms. The second-order valence-corrected chi connectivity index (χ2v) is 7.43. The van der Waals surface area contributed by atoms with Crippen LogP contribution in [0.1, 0.15) is 36.3 Å². The molecule has 0 saturated heterocycles. The van der Waals surface area contributed by atoms with Gasteiger partial charge in [0.05, 0.1) is 22.9 Å². The molecule has 0 aliphatic carbocycles. The van der Waals surface area contributed by atoms with Crippen LogP contribution in [0, 0.1) is 6.92 Å². The lowest BCUT2D eigenvalue weighted by Crippen LogP contribution is -2.09. The molecule has 0 amide bonds. The summed E-state index contributed by atoms with van der Waals surface area (Å²) in [6, 6.07) is 3.99. The van der Waals surface area contributed by atoms with Gasteiger partial charge in [0.15, 0.2) is 0 Å². The summed E-state index contributed by atoms with van der Waals surface area (Å²) < 4.78 is 0.864. The number of hydrogen-bond donors (Lipinski definition) is 1. The SMILES string of the molecule is Cc1nc(Br)ccc1NCc1cnc(C(C)(C)C)s1. The highest BCUT2D eigenvalue weighted by molar-refractivity contribution is 9.10. The Labute approximate surface area is 126 Å². The summed E-state index contributed by atoms with van der Waals surface area (Å²) in [6.45, 7) is 9.35. The highest BCUT2D eigenvalue weighted by Crippen LogP contribution is 2.27. The Morgan fingerprint density at radius 1 is 1.32 bits per heavy atom. The number of anilines is 1. The van der Waals surface area contributed by atoms with Gasteiger partial charge in [-0.25, -0.2) is 9.97 Å². The van der Waals surface area contributed by atoms with Crippen LogP contribution in [-0.4, -0.2) is 9.97 Å². The zero-order valence-corrected chi connectivity index (χ0v) is 14.0. The van der Waals surface area contributed by atoms with Gasteiger partial charge < -0.3 is 5.32 Å². The van der Waals surface area contributed by atoms with E-state index >= 15 is 0 Å². The number of rotatable bonds is 3. The zero-order chi connectivity index (χ0) is 14.0. The fourth-order valence-corrected chi connectivity index (χ4v) is 2.94. The summed E-state index contributed by atoms with van der Waals surface area (Å²) >= 11 is 5.14. The quantitative estimate of drug-likeness (QED) is 0.835. The fraction of sp³-hybridized carbons (Fsp3) is 0.429. The van der Waals surface area contributed by atoms with E-state index in [1.807, 2.05) is 25.3 Å². The second-order valence-electron chi connectivity index (χ2n) is 5.50. The monoisotopic (exact) mass is 339 g/mol.